The van der Waals surface area contributed by atoms with Crippen LogP contribution in [-0.4, -0.2) is 6.54 Å². The van der Waals surface area contributed by atoms with Gasteiger partial charge in [0, 0.05) is 15.9 Å². The number of halogens is 1. The Morgan fingerprint density at radius 3 is 2.79 bits per heavy atom. The average molecular weight is 274 g/mol. The first-order chi connectivity index (χ1) is 6.83. The average Bonchev–Trinajstić information content (AvgIpc) is 2.47. The zero-order valence-corrected chi connectivity index (χ0v) is 10.8. The van der Waals surface area contributed by atoms with Crippen LogP contribution < -0.4 is 5.32 Å². The smallest absolute Gasteiger partial charge is 0.0368 e. The predicted octanol–water partition coefficient (Wildman–Crippen LogP) is 3.96. The summed E-state index contributed by atoms with van der Waals surface area (Å²) in [6, 6.07) is 0.578. The highest BCUT2D eigenvalue weighted by molar-refractivity contribution is 9.10. The Hall–Kier alpha value is 0.140. The maximum absolute atomic E-state index is 3.63. The fourth-order valence-corrected chi connectivity index (χ4v) is 3.62. The normalized spacial score (nSPS) is 19.3. The highest BCUT2D eigenvalue weighted by atomic mass is 79.9. The first-order valence-corrected chi connectivity index (χ1v) is 7.01. The topological polar surface area (TPSA) is 12.0 Å². The second-order valence-corrected chi connectivity index (χ2v) is 5.50. The Balaban J connectivity index is 2.13. The van der Waals surface area contributed by atoms with E-state index < -0.39 is 0 Å². The van der Waals surface area contributed by atoms with Gasteiger partial charge in [-0.15, -0.1) is 0 Å². The quantitative estimate of drug-likeness (QED) is 0.876. The molecule has 1 aliphatic carbocycles. The molecule has 0 radical (unpaired) electrons. The molecule has 0 bridgehead atoms. The van der Waals surface area contributed by atoms with Gasteiger partial charge in [-0.25, -0.2) is 0 Å². The van der Waals surface area contributed by atoms with Crippen LogP contribution in [0.2, 0.25) is 0 Å². The SMILES string of the molecule is CCNC(c1cscc1Br)C1CCC1. The summed E-state index contributed by atoms with van der Waals surface area (Å²) in [4.78, 5) is 0. The molecule has 1 saturated carbocycles. The lowest BCUT2D eigenvalue weighted by Gasteiger charge is -2.34. The summed E-state index contributed by atoms with van der Waals surface area (Å²) in [6.45, 7) is 3.25. The molecule has 1 atom stereocenters. The molecule has 3 heteroatoms. The van der Waals surface area contributed by atoms with Crippen molar-refractivity contribution < 1.29 is 0 Å². The van der Waals surface area contributed by atoms with Crippen LogP contribution in [0.3, 0.4) is 0 Å². The first-order valence-electron chi connectivity index (χ1n) is 5.28. The van der Waals surface area contributed by atoms with Gasteiger partial charge in [-0.2, -0.15) is 11.3 Å². The molecule has 0 aromatic carbocycles. The predicted molar refractivity (Wildman–Crippen MR) is 65.8 cm³/mol. The largest absolute Gasteiger partial charge is 0.310 e. The van der Waals surface area contributed by atoms with Gasteiger partial charge in [0.1, 0.15) is 0 Å². The second-order valence-electron chi connectivity index (χ2n) is 3.90. The van der Waals surface area contributed by atoms with Crippen LogP contribution in [0, 0.1) is 5.92 Å². The van der Waals surface area contributed by atoms with Gasteiger partial charge < -0.3 is 5.32 Å². The lowest BCUT2D eigenvalue weighted by Crippen LogP contribution is -2.31. The van der Waals surface area contributed by atoms with Crippen LogP contribution in [0.4, 0.5) is 0 Å². The van der Waals surface area contributed by atoms with E-state index in [1.807, 2.05) is 0 Å². The number of hydrogen-bond acceptors (Lipinski definition) is 2. The summed E-state index contributed by atoms with van der Waals surface area (Å²) in [7, 11) is 0. The van der Waals surface area contributed by atoms with E-state index in [1.165, 1.54) is 29.3 Å². The van der Waals surface area contributed by atoms with Crippen LogP contribution in [-0.2, 0) is 0 Å². The first kappa shape index (κ1) is 10.7. The van der Waals surface area contributed by atoms with Gasteiger partial charge in [0.05, 0.1) is 0 Å². The van der Waals surface area contributed by atoms with Crippen molar-refractivity contribution >= 4 is 27.3 Å². The molecule has 0 saturated heterocycles. The molecule has 1 aliphatic rings. The van der Waals surface area contributed by atoms with Gasteiger partial charge in [-0.1, -0.05) is 13.3 Å². The monoisotopic (exact) mass is 273 g/mol. The van der Waals surface area contributed by atoms with E-state index in [-0.39, 0.29) is 0 Å². The minimum absolute atomic E-state index is 0.578. The Bertz CT molecular complexity index is 293. The minimum Gasteiger partial charge on any atom is -0.310 e. The molecule has 1 aromatic rings. The number of hydrogen-bond donors (Lipinski definition) is 1. The Morgan fingerprint density at radius 1 is 1.57 bits per heavy atom. The number of thiophene rings is 1. The van der Waals surface area contributed by atoms with Crippen LogP contribution in [0.1, 0.15) is 37.8 Å². The van der Waals surface area contributed by atoms with Gasteiger partial charge in [-0.3, -0.25) is 0 Å². The molecule has 78 valence electrons. The Morgan fingerprint density at radius 2 is 2.36 bits per heavy atom. The molecule has 0 aliphatic heterocycles. The molecule has 14 heavy (non-hydrogen) atoms. The van der Waals surface area contributed by atoms with Crippen molar-refractivity contribution in [3.63, 3.8) is 0 Å². The maximum Gasteiger partial charge on any atom is 0.0368 e. The molecule has 2 rings (SSSR count). The van der Waals surface area contributed by atoms with Gasteiger partial charge in [0.15, 0.2) is 0 Å². The van der Waals surface area contributed by atoms with Gasteiger partial charge in [-0.05, 0) is 52.2 Å². The molecule has 1 aromatic heterocycles. The van der Waals surface area contributed by atoms with E-state index in [9.17, 15) is 0 Å². The lowest BCUT2D eigenvalue weighted by atomic mass is 9.78. The number of rotatable bonds is 4. The van der Waals surface area contributed by atoms with Crippen LogP contribution >= 0.6 is 27.3 Å². The third kappa shape index (κ3) is 2.05. The molecule has 1 nitrogen and oxygen atoms in total. The van der Waals surface area contributed by atoms with E-state index in [2.05, 4.69) is 38.9 Å². The van der Waals surface area contributed by atoms with Gasteiger partial charge in [0.2, 0.25) is 0 Å². The van der Waals surface area contributed by atoms with E-state index in [0.717, 1.165) is 12.5 Å². The molecule has 0 spiro atoms. The molecule has 1 fully saturated rings. The summed E-state index contributed by atoms with van der Waals surface area (Å²) in [5.41, 5.74) is 1.46. The van der Waals surface area contributed by atoms with Crippen LogP contribution in [0.25, 0.3) is 0 Å². The van der Waals surface area contributed by atoms with Crippen molar-refractivity contribution in [2.24, 2.45) is 5.92 Å². The Kier molecular flexibility index (Phi) is 3.63. The van der Waals surface area contributed by atoms with E-state index in [0.29, 0.717) is 6.04 Å². The number of nitrogens with one attached hydrogen (secondary N) is 1. The summed E-state index contributed by atoms with van der Waals surface area (Å²) >= 11 is 5.41. The minimum atomic E-state index is 0.578. The second kappa shape index (κ2) is 4.77. The third-order valence-corrected chi connectivity index (χ3v) is 4.77. The van der Waals surface area contributed by atoms with Crippen molar-refractivity contribution in [2.75, 3.05) is 6.54 Å². The summed E-state index contributed by atoms with van der Waals surface area (Å²) in [6.07, 6.45) is 4.19. The Labute approximate surface area is 98.0 Å². The van der Waals surface area contributed by atoms with E-state index >= 15 is 0 Å². The fourth-order valence-electron chi connectivity index (χ4n) is 2.04. The maximum atomic E-state index is 3.63. The van der Waals surface area contributed by atoms with E-state index in [1.54, 1.807) is 11.3 Å². The van der Waals surface area contributed by atoms with Crippen molar-refractivity contribution in [3.05, 3.63) is 20.8 Å². The fraction of sp³-hybridized carbons (Fsp3) is 0.636. The summed E-state index contributed by atoms with van der Waals surface area (Å²) in [5.74, 6) is 0.862. The van der Waals surface area contributed by atoms with Gasteiger partial charge >= 0.3 is 0 Å². The molecule has 0 amide bonds. The lowest BCUT2D eigenvalue weighted by molar-refractivity contribution is 0.233. The molecular formula is C11H16BrNS. The van der Waals surface area contributed by atoms with Crippen molar-refractivity contribution in [1.29, 1.82) is 0 Å². The van der Waals surface area contributed by atoms with Crippen LogP contribution in [0.5, 0.6) is 0 Å². The van der Waals surface area contributed by atoms with E-state index in [4.69, 9.17) is 0 Å². The summed E-state index contributed by atoms with van der Waals surface area (Å²) < 4.78 is 1.28. The van der Waals surface area contributed by atoms with Crippen LogP contribution in [0.15, 0.2) is 15.2 Å². The highest BCUT2D eigenvalue weighted by Crippen LogP contribution is 2.40. The standard InChI is InChI=1S/C11H16BrNS/c1-2-13-11(8-4-3-5-8)9-6-14-7-10(9)12/h6-8,11,13H,2-5H2,1H3. The van der Waals surface area contributed by atoms with Gasteiger partial charge in [0.25, 0.3) is 0 Å². The zero-order valence-electron chi connectivity index (χ0n) is 8.42. The van der Waals surface area contributed by atoms with Crippen molar-refractivity contribution in [2.45, 2.75) is 32.2 Å². The highest BCUT2D eigenvalue weighted by Gasteiger charge is 2.29. The molecular weight excluding hydrogens is 258 g/mol. The zero-order chi connectivity index (χ0) is 9.97. The molecule has 1 N–H and O–H groups in total. The van der Waals surface area contributed by atoms with Crippen molar-refractivity contribution in [3.8, 4) is 0 Å². The third-order valence-electron chi connectivity index (χ3n) is 3.02. The molecule has 1 unspecified atom stereocenters. The summed E-state index contributed by atoms with van der Waals surface area (Å²) in [5, 5.41) is 8.06. The van der Waals surface area contributed by atoms with Crippen molar-refractivity contribution in [1.82, 2.24) is 5.32 Å². The molecule has 1 heterocycles.